The zero-order valence-electron chi connectivity index (χ0n) is 17.2. The van der Waals surface area contributed by atoms with Gasteiger partial charge >= 0.3 is 7.82 Å². The molecular weight excluding hydrogens is 395 g/mol. The van der Waals surface area contributed by atoms with Gasteiger partial charge in [-0.3, -0.25) is 0 Å². The average Bonchev–Trinajstić information content (AvgIpc) is 2.69. The van der Waals surface area contributed by atoms with Crippen molar-refractivity contribution in [3.8, 4) is 17.2 Å². The SMILES string of the molecule is Cc1ccc(OP(=O)(Oc2cc(C)cc(C)c2)Oc2cccc3ccccc23)cc1. The van der Waals surface area contributed by atoms with Gasteiger partial charge < -0.3 is 13.6 Å². The minimum absolute atomic E-state index is 0.411. The van der Waals surface area contributed by atoms with E-state index in [0.29, 0.717) is 17.2 Å². The molecule has 0 saturated carbocycles. The predicted molar refractivity (Wildman–Crippen MR) is 121 cm³/mol. The summed E-state index contributed by atoms with van der Waals surface area (Å²) in [5.41, 5.74) is 3.07. The van der Waals surface area contributed by atoms with E-state index in [0.717, 1.165) is 27.5 Å². The lowest BCUT2D eigenvalue weighted by Gasteiger charge is -2.20. The van der Waals surface area contributed by atoms with Crippen molar-refractivity contribution in [2.24, 2.45) is 0 Å². The van der Waals surface area contributed by atoms with E-state index in [-0.39, 0.29) is 0 Å². The first kappa shape index (κ1) is 20.1. The molecule has 0 saturated heterocycles. The summed E-state index contributed by atoms with van der Waals surface area (Å²) in [6, 6.07) is 26.2. The van der Waals surface area contributed by atoms with Crippen LogP contribution >= 0.6 is 7.82 Å². The van der Waals surface area contributed by atoms with Gasteiger partial charge in [-0.25, -0.2) is 0 Å². The fourth-order valence-corrected chi connectivity index (χ4v) is 4.55. The average molecular weight is 418 g/mol. The Hall–Kier alpha value is -3.23. The maximum absolute atomic E-state index is 13.8. The van der Waals surface area contributed by atoms with Crippen molar-refractivity contribution in [3.05, 3.63) is 102 Å². The van der Waals surface area contributed by atoms with Gasteiger partial charge in [0.25, 0.3) is 0 Å². The third-order valence-corrected chi connectivity index (χ3v) is 5.90. The number of hydrogen-bond acceptors (Lipinski definition) is 4. The van der Waals surface area contributed by atoms with E-state index in [9.17, 15) is 4.57 Å². The Balaban J connectivity index is 1.73. The molecule has 0 aliphatic rings. The minimum atomic E-state index is -4.04. The van der Waals surface area contributed by atoms with E-state index >= 15 is 0 Å². The summed E-state index contributed by atoms with van der Waals surface area (Å²) in [4.78, 5) is 0. The van der Waals surface area contributed by atoms with Crippen LogP contribution in [0.15, 0.2) is 84.9 Å². The highest BCUT2D eigenvalue weighted by Crippen LogP contribution is 2.51. The summed E-state index contributed by atoms with van der Waals surface area (Å²) in [7, 11) is -4.04. The highest BCUT2D eigenvalue weighted by molar-refractivity contribution is 7.49. The van der Waals surface area contributed by atoms with Crippen LogP contribution in [0.4, 0.5) is 0 Å². The quantitative estimate of drug-likeness (QED) is 0.306. The monoisotopic (exact) mass is 418 g/mol. The molecular formula is C25H23O4P. The zero-order valence-corrected chi connectivity index (χ0v) is 18.1. The minimum Gasteiger partial charge on any atom is -0.386 e. The second kappa shape index (κ2) is 8.25. The molecule has 1 atom stereocenters. The molecule has 0 N–H and O–H groups in total. The summed E-state index contributed by atoms with van der Waals surface area (Å²) in [6.45, 7) is 5.89. The van der Waals surface area contributed by atoms with Crippen LogP contribution < -0.4 is 13.6 Å². The molecule has 0 amide bonds. The number of phosphoric acid groups is 1. The number of hydrogen-bond donors (Lipinski definition) is 0. The van der Waals surface area contributed by atoms with Crippen molar-refractivity contribution in [2.75, 3.05) is 0 Å². The third-order valence-electron chi connectivity index (χ3n) is 4.61. The maximum atomic E-state index is 13.8. The van der Waals surface area contributed by atoms with Crippen LogP contribution in [0.5, 0.6) is 17.2 Å². The molecule has 4 rings (SSSR count). The molecule has 4 nitrogen and oxygen atoms in total. The first-order valence-corrected chi connectivity index (χ1v) is 11.2. The van der Waals surface area contributed by atoms with Crippen LogP contribution in [0.3, 0.4) is 0 Å². The second-order valence-electron chi connectivity index (χ2n) is 7.33. The molecule has 0 aliphatic heterocycles. The number of fused-ring (bicyclic) bond motifs is 1. The van der Waals surface area contributed by atoms with Crippen LogP contribution in [-0.4, -0.2) is 0 Å². The van der Waals surface area contributed by atoms with E-state index in [2.05, 4.69) is 0 Å². The van der Waals surface area contributed by atoms with E-state index in [1.807, 2.05) is 87.5 Å². The van der Waals surface area contributed by atoms with Gasteiger partial charge in [-0.1, -0.05) is 60.2 Å². The van der Waals surface area contributed by atoms with Gasteiger partial charge in [0.05, 0.1) is 0 Å². The molecule has 0 aliphatic carbocycles. The van der Waals surface area contributed by atoms with Gasteiger partial charge in [-0.15, -0.1) is 0 Å². The van der Waals surface area contributed by atoms with Gasteiger partial charge in [0, 0.05) is 5.39 Å². The fraction of sp³-hybridized carbons (Fsp3) is 0.120. The van der Waals surface area contributed by atoms with Crippen molar-refractivity contribution >= 4 is 18.6 Å². The number of benzene rings is 4. The van der Waals surface area contributed by atoms with Crippen molar-refractivity contribution < 1.29 is 18.1 Å². The van der Waals surface area contributed by atoms with Crippen LogP contribution in [-0.2, 0) is 4.57 Å². The van der Waals surface area contributed by atoms with E-state index in [1.165, 1.54) is 0 Å². The topological polar surface area (TPSA) is 44.8 Å². The summed E-state index contributed by atoms with van der Waals surface area (Å²) in [5.74, 6) is 1.28. The van der Waals surface area contributed by atoms with Crippen molar-refractivity contribution in [1.82, 2.24) is 0 Å². The summed E-state index contributed by atoms with van der Waals surface area (Å²) in [6.07, 6.45) is 0. The Morgan fingerprint density at radius 3 is 1.97 bits per heavy atom. The van der Waals surface area contributed by atoms with Gasteiger partial charge in [-0.2, -0.15) is 4.57 Å². The Labute approximate surface area is 176 Å². The van der Waals surface area contributed by atoms with Crippen molar-refractivity contribution in [3.63, 3.8) is 0 Å². The predicted octanol–water partition coefficient (Wildman–Crippen LogP) is 7.41. The molecule has 0 radical (unpaired) electrons. The fourth-order valence-electron chi connectivity index (χ4n) is 3.29. The van der Waals surface area contributed by atoms with Gasteiger partial charge in [0.1, 0.15) is 17.2 Å². The number of phosphoric ester groups is 1. The van der Waals surface area contributed by atoms with Crippen LogP contribution in [0, 0.1) is 20.8 Å². The Kier molecular flexibility index (Phi) is 5.52. The number of aryl methyl sites for hydroxylation is 3. The lowest BCUT2D eigenvalue weighted by atomic mass is 10.1. The van der Waals surface area contributed by atoms with Crippen molar-refractivity contribution in [1.29, 1.82) is 0 Å². The number of rotatable bonds is 6. The van der Waals surface area contributed by atoms with Crippen molar-refractivity contribution in [2.45, 2.75) is 20.8 Å². The van der Waals surface area contributed by atoms with Crippen LogP contribution in [0.1, 0.15) is 16.7 Å². The molecule has 0 aromatic heterocycles. The first-order valence-electron chi connectivity index (χ1n) is 9.72. The Morgan fingerprint density at radius 1 is 0.600 bits per heavy atom. The second-order valence-corrected chi connectivity index (χ2v) is 8.78. The summed E-state index contributed by atoms with van der Waals surface area (Å²) < 4.78 is 31.4. The Morgan fingerprint density at radius 2 is 1.23 bits per heavy atom. The molecule has 1 unspecified atom stereocenters. The molecule has 0 heterocycles. The van der Waals surface area contributed by atoms with E-state index < -0.39 is 7.82 Å². The molecule has 152 valence electrons. The largest absolute Gasteiger partial charge is 0.647 e. The van der Waals surface area contributed by atoms with Gasteiger partial charge in [0.15, 0.2) is 0 Å². The molecule has 30 heavy (non-hydrogen) atoms. The maximum Gasteiger partial charge on any atom is 0.647 e. The normalized spacial score (nSPS) is 12.9. The molecule has 4 aromatic rings. The smallest absolute Gasteiger partial charge is 0.386 e. The molecule has 4 aromatic carbocycles. The third kappa shape index (κ3) is 4.67. The molecule has 5 heteroatoms. The molecule has 0 spiro atoms. The van der Waals surface area contributed by atoms with Crippen LogP contribution in [0.2, 0.25) is 0 Å². The summed E-state index contributed by atoms with van der Waals surface area (Å²) >= 11 is 0. The highest BCUT2D eigenvalue weighted by atomic mass is 31.2. The standard InChI is InChI=1S/C25H23O4P/c1-18-11-13-22(14-12-18)27-30(26,28-23-16-19(2)15-20(3)17-23)29-25-10-6-8-21-7-4-5-9-24(21)25/h4-17H,1-3H3. The van der Waals surface area contributed by atoms with E-state index in [1.54, 1.807) is 18.2 Å². The molecule has 0 bridgehead atoms. The lowest BCUT2D eigenvalue weighted by molar-refractivity contribution is 0.299. The Bertz CT molecular complexity index is 1210. The molecule has 0 fully saturated rings. The van der Waals surface area contributed by atoms with Gasteiger partial charge in [-0.05, 0) is 67.6 Å². The van der Waals surface area contributed by atoms with Gasteiger partial charge in [0.2, 0.25) is 0 Å². The lowest BCUT2D eigenvalue weighted by Crippen LogP contribution is -2.08. The highest BCUT2D eigenvalue weighted by Gasteiger charge is 2.34. The van der Waals surface area contributed by atoms with Crippen LogP contribution in [0.25, 0.3) is 10.8 Å². The van der Waals surface area contributed by atoms with E-state index in [4.69, 9.17) is 13.6 Å². The zero-order chi connectivity index (χ0) is 21.1. The first-order chi connectivity index (χ1) is 14.4. The summed E-state index contributed by atoms with van der Waals surface area (Å²) in [5, 5.41) is 1.81.